The van der Waals surface area contributed by atoms with Crippen molar-refractivity contribution in [1.82, 2.24) is 5.32 Å². The van der Waals surface area contributed by atoms with Crippen molar-refractivity contribution in [2.75, 3.05) is 6.61 Å². The Kier molecular flexibility index (Phi) is 5.99. The van der Waals surface area contributed by atoms with E-state index >= 15 is 0 Å². The number of carbonyl (C=O) groups excluding carboxylic acids is 3. The predicted octanol–water partition coefficient (Wildman–Crippen LogP) is 3.66. The summed E-state index contributed by atoms with van der Waals surface area (Å²) in [6.45, 7) is 9.24. The number of nitrogens with one attached hydrogen (secondary N) is 1. The van der Waals surface area contributed by atoms with Crippen LogP contribution in [0.15, 0.2) is 42.5 Å². The van der Waals surface area contributed by atoms with Gasteiger partial charge in [-0.15, -0.1) is 0 Å². The molecule has 1 heterocycles. The zero-order valence-electron chi connectivity index (χ0n) is 18.2. The molecule has 3 unspecified atom stereocenters. The van der Waals surface area contributed by atoms with E-state index < -0.39 is 29.6 Å². The van der Waals surface area contributed by atoms with Crippen LogP contribution in [0, 0.1) is 5.41 Å². The molecular weight excluding hydrogens is 382 g/mol. The highest BCUT2D eigenvalue weighted by atomic mass is 16.5. The predicted molar refractivity (Wildman–Crippen MR) is 114 cm³/mol. The van der Waals surface area contributed by atoms with Crippen LogP contribution in [0.25, 0.3) is 10.8 Å². The van der Waals surface area contributed by atoms with Crippen LogP contribution in [0.3, 0.4) is 0 Å². The smallest absolute Gasteiger partial charge is 0.339 e. The van der Waals surface area contributed by atoms with E-state index in [1.807, 2.05) is 51.1 Å². The van der Waals surface area contributed by atoms with Crippen LogP contribution in [0.2, 0.25) is 0 Å². The maximum Gasteiger partial charge on any atom is 0.339 e. The second-order valence-corrected chi connectivity index (χ2v) is 9.25. The van der Waals surface area contributed by atoms with Gasteiger partial charge in [-0.2, -0.15) is 0 Å². The first-order valence-corrected chi connectivity index (χ1v) is 10.2. The molecule has 6 heteroatoms. The third kappa shape index (κ3) is 4.54. The molecule has 2 aromatic carbocycles. The Morgan fingerprint density at radius 3 is 2.50 bits per heavy atom. The summed E-state index contributed by atoms with van der Waals surface area (Å²) in [6, 6.07) is 12.9. The topological polar surface area (TPSA) is 81.7 Å². The summed E-state index contributed by atoms with van der Waals surface area (Å²) in [5.41, 5.74) is -1.01. The number of carbonyl (C=O) groups is 3. The van der Waals surface area contributed by atoms with Crippen molar-refractivity contribution in [3.8, 4) is 0 Å². The molecule has 1 aliphatic heterocycles. The van der Waals surface area contributed by atoms with Gasteiger partial charge in [0.2, 0.25) is 0 Å². The fraction of sp³-hybridized carbons (Fsp3) is 0.458. The second-order valence-electron chi connectivity index (χ2n) is 9.25. The van der Waals surface area contributed by atoms with Crippen LogP contribution >= 0.6 is 0 Å². The molecule has 3 rings (SSSR count). The number of amides is 1. The number of benzene rings is 2. The number of ketones is 1. The summed E-state index contributed by atoms with van der Waals surface area (Å²) in [5.74, 6) is -1.26. The number of Topliss-reactive ketones (excluding diaryl/α,β-unsaturated/α-hetero) is 1. The monoisotopic (exact) mass is 411 g/mol. The van der Waals surface area contributed by atoms with Crippen molar-refractivity contribution >= 4 is 28.4 Å². The molecule has 1 N–H and O–H groups in total. The van der Waals surface area contributed by atoms with Crippen LogP contribution in [0.5, 0.6) is 0 Å². The zero-order chi connectivity index (χ0) is 22.1. The minimum Gasteiger partial charge on any atom is -0.449 e. The van der Waals surface area contributed by atoms with Crippen LogP contribution in [-0.2, 0) is 19.1 Å². The van der Waals surface area contributed by atoms with E-state index in [0.29, 0.717) is 12.0 Å². The molecule has 0 saturated carbocycles. The maximum absolute atomic E-state index is 13.1. The van der Waals surface area contributed by atoms with Crippen molar-refractivity contribution in [3.05, 3.63) is 48.0 Å². The molecule has 3 atom stereocenters. The first-order valence-electron chi connectivity index (χ1n) is 10.2. The van der Waals surface area contributed by atoms with Crippen molar-refractivity contribution in [1.29, 1.82) is 0 Å². The minimum atomic E-state index is -1.14. The highest BCUT2D eigenvalue weighted by Gasteiger charge is 2.47. The van der Waals surface area contributed by atoms with Crippen molar-refractivity contribution in [2.24, 2.45) is 5.41 Å². The normalized spacial score (nSPS) is 22.7. The lowest BCUT2D eigenvalue weighted by Crippen LogP contribution is -2.58. The van der Waals surface area contributed by atoms with Gasteiger partial charge < -0.3 is 14.8 Å². The third-order valence-electron chi connectivity index (χ3n) is 5.59. The van der Waals surface area contributed by atoms with Crippen LogP contribution in [0.1, 0.15) is 51.4 Å². The third-order valence-corrected chi connectivity index (χ3v) is 5.59. The largest absolute Gasteiger partial charge is 0.449 e. The van der Waals surface area contributed by atoms with Crippen LogP contribution < -0.4 is 5.32 Å². The Bertz CT molecular complexity index is 972. The quantitative estimate of drug-likeness (QED) is 0.760. The highest BCUT2D eigenvalue weighted by molar-refractivity contribution is 6.05. The molecule has 0 bridgehead atoms. The van der Waals surface area contributed by atoms with Crippen molar-refractivity contribution in [2.45, 2.75) is 58.8 Å². The van der Waals surface area contributed by atoms with Gasteiger partial charge in [0.1, 0.15) is 12.1 Å². The van der Waals surface area contributed by atoms with Crippen LogP contribution in [0.4, 0.5) is 0 Å². The van der Waals surface area contributed by atoms with Gasteiger partial charge in [0.15, 0.2) is 11.9 Å². The molecule has 1 saturated heterocycles. The van der Waals surface area contributed by atoms with Gasteiger partial charge in [-0.3, -0.25) is 9.59 Å². The minimum absolute atomic E-state index is 0.0440. The van der Waals surface area contributed by atoms with Gasteiger partial charge in [0, 0.05) is 0 Å². The number of ether oxygens (including phenoxy) is 2. The molecule has 6 nitrogen and oxygen atoms in total. The molecule has 0 aromatic heterocycles. The van der Waals surface area contributed by atoms with Gasteiger partial charge in [-0.1, -0.05) is 57.2 Å². The van der Waals surface area contributed by atoms with Crippen molar-refractivity contribution < 1.29 is 23.9 Å². The fourth-order valence-corrected chi connectivity index (χ4v) is 3.59. The van der Waals surface area contributed by atoms with Crippen LogP contribution in [-0.4, -0.2) is 42.0 Å². The van der Waals surface area contributed by atoms with E-state index in [2.05, 4.69) is 5.32 Å². The summed E-state index contributed by atoms with van der Waals surface area (Å²) in [6.07, 6.45) is -1.18. The summed E-state index contributed by atoms with van der Waals surface area (Å²) in [7, 11) is 0. The molecule has 0 spiro atoms. The number of hydrogen-bond donors (Lipinski definition) is 1. The molecule has 0 radical (unpaired) electrons. The zero-order valence-corrected chi connectivity index (χ0v) is 18.2. The van der Waals surface area contributed by atoms with Gasteiger partial charge >= 0.3 is 5.97 Å². The summed E-state index contributed by atoms with van der Waals surface area (Å²) >= 11 is 0. The van der Waals surface area contributed by atoms with E-state index in [1.165, 1.54) is 0 Å². The first kappa shape index (κ1) is 22.0. The van der Waals surface area contributed by atoms with Gasteiger partial charge in [-0.05, 0) is 42.5 Å². The number of rotatable bonds is 5. The summed E-state index contributed by atoms with van der Waals surface area (Å²) in [4.78, 5) is 38.4. The van der Waals surface area contributed by atoms with E-state index in [9.17, 15) is 14.4 Å². The van der Waals surface area contributed by atoms with Crippen molar-refractivity contribution in [3.63, 3.8) is 0 Å². The maximum atomic E-state index is 13.1. The fourth-order valence-electron chi connectivity index (χ4n) is 3.59. The van der Waals surface area contributed by atoms with E-state index in [-0.39, 0.29) is 17.8 Å². The molecular formula is C24H29NO5. The van der Waals surface area contributed by atoms with E-state index in [4.69, 9.17) is 9.47 Å². The Labute approximate surface area is 176 Å². The number of esters is 1. The van der Waals surface area contributed by atoms with E-state index in [1.54, 1.807) is 26.0 Å². The lowest BCUT2D eigenvalue weighted by Gasteiger charge is -2.31. The Hall–Kier alpha value is -2.73. The molecule has 1 fully saturated rings. The summed E-state index contributed by atoms with van der Waals surface area (Å²) < 4.78 is 11.1. The average Bonchev–Trinajstić information content (AvgIpc) is 2.93. The van der Waals surface area contributed by atoms with Gasteiger partial charge in [0.25, 0.3) is 5.91 Å². The standard InChI is InChI=1S/C24H29NO5/c1-15-24(5,20(26)14-29-15)25-21(27)19(13-23(2,3)4)30-22(28)18-12-8-10-16-9-6-7-11-17(16)18/h6-12,15,19H,13-14H2,1-5H3,(H,25,27). The lowest BCUT2D eigenvalue weighted by molar-refractivity contribution is -0.136. The molecule has 0 aliphatic carbocycles. The average molecular weight is 411 g/mol. The Morgan fingerprint density at radius 2 is 1.87 bits per heavy atom. The molecule has 30 heavy (non-hydrogen) atoms. The Morgan fingerprint density at radius 1 is 1.20 bits per heavy atom. The van der Waals surface area contributed by atoms with Gasteiger partial charge in [-0.25, -0.2) is 4.79 Å². The molecule has 2 aromatic rings. The number of hydrogen-bond acceptors (Lipinski definition) is 5. The second kappa shape index (κ2) is 8.19. The number of fused-ring (bicyclic) bond motifs is 1. The van der Waals surface area contributed by atoms with Gasteiger partial charge in [0.05, 0.1) is 11.7 Å². The summed E-state index contributed by atoms with van der Waals surface area (Å²) in [5, 5.41) is 4.46. The Balaban J connectivity index is 1.86. The van der Waals surface area contributed by atoms with E-state index in [0.717, 1.165) is 10.8 Å². The molecule has 160 valence electrons. The SMILES string of the molecule is CC1OCC(=O)C1(C)NC(=O)C(CC(C)(C)C)OC(=O)c1cccc2ccccc12. The highest BCUT2D eigenvalue weighted by Crippen LogP contribution is 2.27. The molecule has 1 amide bonds. The first-order chi connectivity index (χ1) is 14.0. The molecule has 1 aliphatic rings. The lowest BCUT2D eigenvalue weighted by atomic mass is 9.87.